The highest BCUT2D eigenvalue weighted by Gasteiger charge is 2.28. The Morgan fingerprint density at radius 3 is 2.40 bits per heavy atom. The molecule has 0 saturated carbocycles. The van der Waals surface area contributed by atoms with E-state index >= 15 is 0 Å². The third-order valence-corrected chi connectivity index (χ3v) is 6.70. The van der Waals surface area contributed by atoms with E-state index in [1.807, 2.05) is 0 Å². The zero-order chi connectivity index (χ0) is 17.9. The van der Waals surface area contributed by atoms with Crippen LogP contribution in [0.1, 0.15) is 36.3 Å². The van der Waals surface area contributed by atoms with Crippen LogP contribution in [-0.4, -0.2) is 25.8 Å². The highest BCUT2D eigenvalue weighted by molar-refractivity contribution is 7.88. The summed E-state index contributed by atoms with van der Waals surface area (Å²) in [5, 5.41) is 0.590. The van der Waals surface area contributed by atoms with Crippen LogP contribution in [0.3, 0.4) is 0 Å². The van der Waals surface area contributed by atoms with Gasteiger partial charge in [-0.05, 0) is 54.2 Å². The molecule has 0 aromatic heterocycles. The van der Waals surface area contributed by atoms with Crippen molar-refractivity contribution >= 4 is 21.6 Å². The molecule has 1 atom stereocenters. The van der Waals surface area contributed by atoms with Crippen LogP contribution in [0.2, 0.25) is 5.02 Å². The van der Waals surface area contributed by atoms with Gasteiger partial charge in [0.2, 0.25) is 10.0 Å². The van der Waals surface area contributed by atoms with Crippen molar-refractivity contribution in [1.82, 2.24) is 4.31 Å². The summed E-state index contributed by atoms with van der Waals surface area (Å²) in [5.41, 5.74) is 1.72. The van der Waals surface area contributed by atoms with E-state index in [0.29, 0.717) is 18.1 Å². The lowest BCUT2D eigenvalue weighted by molar-refractivity contribution is 0.405. The highest BCUT2D eigenvalue weighted by Crippen LogP contribution is 2.29. The summed E-state index contributed by atoms with van der Waals surface area (Å²) in [5.74, 6) is -0.201. The number of nitrogens with zero attached hydrogens (tertiary/aromatic N) is 1. The number of rotatable bonds is 4. The van der Waals surface area contributed by atoms with Crippen LogP contribution >= 0.6 is 11.6 Å². The minimum Gasteiger partial charge on any atom is -0.212 e. The van der Waals surface area contributed by atoms with E-state index in [2.05, 4.69) is 0 Å². The smallest absolute Gasteiger partial charge is 0.212 e. The van der Waals surface area contributed by atoms with Crippen molar-refractivity contribution in [3.05, 3.63) is 70.5 Å². The molecule has 1 heterocycles. The molecule has 1 aliphatic rings. The van der Waals surface area contributed by atoms with Crippen molar-refractivity contribution in [2.75, 3.05) is 13.1 Å². The first-order valence-corrected chi connectivity index (χ1v) is 10.4. The summed E-state index contributed by atoms with van der Waals surface area (Å²) in [4.78, 5) is 0. The summed E-state index contributed by atoms with van der Waals surface area (Å²) in [7, 11) is -3.41. The minimum atomic E-state index is -3.41. The maximum atomic E-state index is 13.2. The molecule has 6 heteroatoms. The highest BCUT2D eigenvalue weighted by atomic mass is 35.5. The van der Waals surface area contributed by atoms with E-state index in [1.54, 1.807) is 40.7 Å². The largest absolute Gasteiger partial charge is 0.218 e. The molecule has 0 spiro atoms. The van der Waals surface area contributed by atoms with Gasteiger partial charge in [-0.2, -0.15) is 0 Å². The molecule has 0 N–H and O–H groups in total. The Hall–Kier alpha value is -1.43. The Bertz CT molecular complexity index is 806. The van der Waals surface area contributed by atoms with Crippen LogP contribution < -0.4 is 0 Å². The van der Waals surface area contributed by atoms with Crippen LogP contribution in [0, 0.1) is 5.82 Å². The van der Waals surface area contributed by atoms with Gasteiger partial charge < -0.3 is 0 Å². The second kappa shape index (κ2) is 7.85. The van der Waals surface area contributed by atoms with Gasteiger partial charge in [0, 0.05) is 18.1 Å². The molecule has 1 fully saturated rings. The minimum absolute atomic E-state index is 0.0275. The second-order valence-corrected chi connectivity index (χ2v) is 8.89. The van der Waals surface area contributed by atoms with E-state index in [0.717, 1.165) is 30.4 Å². The van der Waals surface area contributed by atoms with E-state index < -0.39 is 10.0 Å². The topological polar surface area (TPSA) is 37.4 Å². The molecule has 0 amide bonds. The van der Waals surface area contributed by atoms with Crippen molar-refractivity contribution in [2.24, 2.45) is 0 Å². The molecular formula is C19H21ClFNO2S. The van der Waals surface area contributed by atoms with Crippen molar-refractivity contribution in [2.45, 2.75) is 30.9 Å². The van der Waals surface area contributed by atoms with E-state index in [4.69, 9.17) is 11.6 Å². The number of halogens is 2. The maximum Gasteiger partial charge on any atom is 0.218 e. The van der Waals surface area contributed by atoms with E-state index in [9.17, 15) is 12.8 Å². The molecule has 1 saturated heterocycles. The molecule has 2 aromatic carbocycles. The first-order chi connectivity index (χ1) is 11.9. The average Bonchev–Trinajstić information content (AvgIpc) is 2.84. The second-order valence-electron chi connectivity index (χ2n) is 6.48. The van der Waals surface area contributed by atoms with Crippen LogP contribution in [-0.2, 0) is 15.8 Å². The Labute approximate surface area is 153 Å². The molecule has 0 aliphatic carbocycles. The fourth-order valence-corrected chi connectivity index (χ4v) is 4.99. The SMILES string of the molecule is O=S(=O)(Cc1ccc(Cl)cc1)N1CCCCC(c2ccc(F)cc2)C1. The Kier molecular flexibility index (Phi) is 5.77. The first-order valence-electron chi connectivity index (χ1n) is 8.42. The first kappa shape index (κ1) is 18.4. The van der Waals surface area contributed by atoms with Gasteiger partial charge >= 0.3 is 0 Å². The maximum absolute atomic E-state index is 13.2. The van der Waals surface area contributed by atoms with Crippen LogP contribution in [0.4, 0.5) is 4.39 Å². The number of hydrogen-bond donors (Lipinski definition) is 0. The average molecular weight is 382 g/mol. The summed E-state index contributed by atoms with van der Waals surface area (Å²) >= 11 is 5.86. The number of benzene rings is 2. The summed E-state index contributed by atoms with van der Waals surface area (Å²) in [6.07, 6.45) is 2.73. The predicted octanol–water partition coefficient (Wildman–Crippen LogP) is 4.58. The molecule has 25 heavy (non-hydrogen) atoms. The lowest BCUT2D eigenvalue weighted by atomic mass is 9.95. The van der Waals surface area contributed by atoms with Gasteiger partial charge in [0.1, 0.15) is 5.82 Å². The van der Waals surface area contributed by atoms with Gasteiger partial charge in [-0.3, -0.25) is 0 Å². The fraction of sp³-hybridized carbons (Fsp3) is 0.368. The lowest BCUT2D eigenvalue weighted by Gasteiger charge is -2.24. The Balaban J connectivity index is 1.77. The monoisotopic (exact) mass is 381 g/mol. The molecule has 0 radical (unpaired) electrons. The predicted molar refractivity (Wildman–Crippen MR) is 98.6 cm³/mol. The molecule has 1 aliphatic heterocycles. The third-order valence-electron chi connectivity index (χ3n) is 4.63. The van der Waals surface area contributed by atoms with Crippen LogP contribution in [0.15, 0.2) is 48.5 Å². The normalized spacial score (nSPS) is 19.5. The van der Waals surface area contributed by atoms with Gasteiger partial charge in [-0.15, -0.1) is 0 Å². The van der Waals surface area contributed by atoms with Gasteiger partial charge in [-0.1, -0.05) is 42.3 Å². The van der Waals surface area contributed by atoms with E-state index in [-0.39, 0.29) is 17.5 Å². The molecular weight excluding hydrogens is 361 g/mol. The van der Waals surface area contributed by atoms with Crippen molar-refractivity contribution in [1.29, 1.82) is 0 Å². The standard InChI is InChI=1S/C19H21ClFNO2S/c20-18-8-4-15(5-9-18)14-25(23,24)22-12-2-1-3-17(13-22)16-6-10-19(21)11-7-16/h4-11,17H,1-3,12-14H2. The summed E-state index contributed by atoms with van der Waals surface area (Å²) < 4.78 is 40.5. The quantitative estimate of drug-likeness (QED) is 0.777. The Morgan fingerprint density at radius 1 is 1.04 bits per heavy atom. The van der Waals surface area contributed by atoms with E-state index in [1.165, 1.54) is 12.1 Å². The zero-order valence-electron chi connectivity index (χ0n) is 13.9. The van der Waals surface area contributed by atoms with Crippen molar-refractivity contribution in [3.8, 4) is 0 Å². The lowest BCUT2D eigenvalue weighted by Crippen LogP contribution is -2.35. The zero-order valence-corrected chi connectivity index (χ0v) is 15.4. The van der Waals surface area contributed by atoms with Gasteiger partial charge in [0.05, 0.1) is 5.75 Å². The van der Waals surface area contributed by atoms with Gasteiger partial charge in [0.15, 0.2) is 0 Å². The Morgan fingerprint density at radius 2 is 1.72 bits per heavy atom. The van der Waals surface area contributed by atoms with Crippen LogP contribution in [0.25, 0.3) is 0 Å². The van der Waals surface area contributed by atoms with Crippen LogP contribution in [0.5, 0.6) is 0 Å². The number of sulfonamides is 1. The molecule has 0 bridgehead atoms. The fourth-order valence-electron chi connectivity index (χ4n) is 3.25. The molecule has 134 valence electrons. The molecule has 3 nitrogen and oxygen atoms in total. The van der Waals surface area contributed by atoms with Crippen molar-refractivity contribution in [3.63, 3.8) is 0 Å². The third kappa shape index (κ3) is 4.81. The molecule has 3 rings (SSSR count). The molecule has 2 aromatic rings. The van der Waals surface area contributed by atoms with Gasteiger partial charge in [-0.25, -0.2) is 17.1 Å². The van der Waals surface area contributed by atoms with Gasteiger partial charge in [0.25, 0.3) is 0 Å². The summed E-state index contributed by atoms with van der Waals surface area (Å²) in [6.45, 7) is 0.981. The number of hydrogen-bond acceptors (Lipinski definition) is 2. The molecule has 1 unspecified atom stereocenters. The summed E-state index contributed by atoms with van der Waals surface area (Å²) in [6, 6.07) is 13.3. The van der Waals surface area contributed by atoms with Crippen molar-refractivity contribution < 1.29 is 12.8 Å².